The molecule has 2 N–H and O–H groups in total. The Morgan fingerprint density at radius 2 is 2.00 bits per heavy atom. The highest BCUT2D eigenvalue weighted by molar-refractivity contribution is 5.41. The van der Waals surface area contributed by atoms with Crippen LogP contribution in [0.4, 0.5) is 11.5 Å². The van der Waals surface area contributed by atoms with E-state index in [1.54, 1.807) is 12.3 Å². The van der Waals surface area contributed by atoms with E-state index in [9.17, 15) is 0 Å². The van der Waals surface area contributed by atoms with Gasteiger partial charge in [0.05, 0.1) is 5.69 Å². The van der Waals surface area contributed by atoms with Crippen molar-refractivity contribution in [3.05, 3.63) is 42.6 Å². The second kappa shape index (κ2) is 4.18. The van der Waals surface area contributed by atoms with Crippen molar-refractivity contribution in [2.45, 2.75) is 0 Å². The Bertz CT molecular complexity index is 392. The predicted octanol–water partition coefficient (Wildman–Crippen LogP) is 2.52. The molecule has 0 aliphatic heterocycles. The average molecular weight is 187 g/mol. The van der Waals surface area contributed by atoms with Gasteiger partial charge < -0.3 is 0 Å². The van der Waals surface area contributed by atoms with Gasteiger partial charge in [-0.1, -0.05) is 23.4 Å². The molecule has 0 fully saturated rings. The lowest BCUT2D eigenvalue weighted by Gasteiger charge is -1.95. The lowest BCUT2D eigenvalue weighted by atomic mass is 10.3. The summed E-state index contributed by atoms with van der Waals surface area (Å²) in [5.41, 5.74) is 3.68. The minimum atomic E-state index is 0.549. The molecule has 1 aromatic heterocycles. The molecule has 5 nitrogen and oxygen atoms in total. The van der Waals surface area contributed by atoms with Crippen molar-refractivity contribution in [3.63, 3.8) is 0 Å². The number of hydrogen-bond donors (Lipinski definition) is 2. The van der Waals surface area contributed by atoms with E-state index >= 15 is 0 Å². The van der Waals surface area contributed by atoms with E-state index < -0.39 is 0 Å². The van der Waals surface area contributed by atoms with E-state index in [4.69, 9.17) is 0 Å². The van der Waals surface area contributed by atoms with Crippen molar-refractivity contribution in [3.8, 4) is 0 Å². The van der Waals surface area contributed by atoms with Crippen molar-refractivity contribution in [2.24, 2.45) is 10.3 Å². The number of nitrogens with one attached hydrogen (secondary N) is 2. The van der Waals surface area contributed by atoms with Crippen LogP contribution in [-0.2, 0) is 0 Å². The van der Waals surface area contributed by atoms with Crippen LogP contribution in [0.2, 0.25) is 0 Å². The number of rotatable bonds is 3. The zero-order chi connectivity index (χ0) is 9.64. The largest absolute Gasteiger partial charge is 0.283 e. The van der Waals surface area contributed by atoms with E-state index in [-0.39, 0.29) is 0 Å². The van der Waals surface area contributed by atoms with E-state index in [0.717, 1.165) is 5.69 Å². The van der Waals surface area contributed by atoms with Crippen LogP contribution < -0.4 is 5.43 Å². The molecule has 0 radical (unpaired) electrons. The molecule has 2 aromatic rings. The van der Waals surface area contributed by atoms with Crippen LogP contribution >= 0.6 is 0 Å². The number of benzene rings is 1. The van der Waals surface area contributed by atoms with Gasteiger partial charge in [0.15, 0.2) is 5.82 Å². The van der Waals surface area contributed by atoms with Crippen molar-refractivity contribution in [1.82, 2.24) is 10.2 Å². The highest BCUT2D eigenvalue weighted by atomic mass is 15.4. The first-order valence-electron chi connectivity index (χ1n) is 4.17. The lowest BCUT2D eigenvalue weighted by Crippen LogP contribution is -1.84. The Labute approximate surface area is 80.9 Å². The molecule has 0 saturated heterocycles. The predicted molar refractivity (Wildman–Crippen MR) is 53.2 cm³/mol. The van der Waals surface area contributed by atoms with Gasteiger partial charge in [0.1, 0.15) is 0 Å². The van der Waals surface area contributed by atoms with Gasteiger partial charge in [0, 0.05) is 12.3 Å². The molecular weight excluding hydrogens is 178 g/mol. The van der Waals surface area contributed by atoms with Gasteiger partial charge in [-0.2, -0.15) is 5.10 Å². The second-order valence-corrected chi connectivity index (χ2v) is 2.61. The summed E-state index contributed by atoms with van der Waals surface area (Å²) in [6.07, 6.45) is 1.69. The number of aromatic amines is 1. The Balaban J connectivity index is 1.95. The average Bonchev–Trinajstić information content (AvgIpc) is 2.72. The highest BCUT2D eigenvalue weighted by Crippen LogP contribution is 2.08. The summed E-state index contributed by atoms with van der Waals surface area (Å²) in [5.74, 6) is 0.549. The minimum absolute atomic E-state index is 0.549. The van der Waals surface area contributed by atoms with Gasteiger partial charge in [0.2, 0.25) is 0 Å². The van der Waals surface area contributed by atoms with Crippen molar-refractivity contribution in [1.29, 1.82) is 0 Å². The molecule has 70 valence electrons. The molecule has 0 aliphatic rings. The third-order valence-electron chi connectivity index (χ3n) is 1.59. The zero-order valence-electron chi connectivity index (χ0n) is 7.38. The first-order valence-corrected chi connectivity index (χ1v) is 4.17. The van der Waals surface area contributed by atoms with Crippen molar-refractivity contribution < 1.29 is 0 Å². The molecule has 1 aromatic carbocycles. The van der Waals surface area contributed by atoms with Gasteiger partial charge in [-0.15, -0.1) is 5.11 Å². The van der Waals surface area contributed by atoms with Crippen LogP contribution in [0.1, 0.15) is 0 Å². The smallest absolute Gasteiger partial charge is 0.197 e. The molecule has 0 bridgehead atoms. The van der Waals surface area contributed by atoms with Crippen molar-refractivity contribution >= 4 is 11.5 Å². The van der Waals surface area contributed by atoms with Crippen molar-refractivity contribution in [2.75, 3.05) is 5.43 Å². The van der Waals surface area contributed by atoms with Crippen LogP contribution in [0, 0.1) is 0 Å². The first-order chi connectivity index (χ1) is 6.95. The molecule has 1 heterocycles. The van der Waals surface area contributed by atoms with Crippen LogP contribution in [-0.4, -0.2) is 10.2 Å². The normalized spacial score (nSPS) is 10.6. The number of para-hydroxylation sites is 1. The lowest BCUT2D eigenvalue weighted by molar-refractivity contribution is 1.03. The van der Waals surface area contributed by atoms with Gasteiger partial charge in [-0.3, -0.25) is 10.5 Å². The van der Waals surface area contributed by atoms with Crippen LogP contribution in [0.5, 0.6) is 0 Å². The Morgan fingerprint density at radius 1 is 1.14 bits per heavy atom. The van der Waals surface area contributed by atoms with Crippen LogP contribution in [0.15, 0.2) is 52.9 Å². The maximum absolute atomic E-state index is 3.83. The van der Waals surface area contributed by atoms with Crippen LogP contribution in [0.25, 0.3) is 0 Å². The summed E-state index contributed by atoms with van der Waals surface area (Å²) >= 11 is 0. The SMILES string of the molecule is c1ccc(NN=Nc2cc[nH]n2)cc1. The Morgan fingerprint density at radius 3 is 2.71 bits per heavy atom. The zero-order valence-corrected chi connectivity index (χ0v) is 7.38. The van der Waals surface area contributed by atoms with Crippen LogP contribution in [0.3, 0.4) is 0 Å². The number of hydrogen-bond acceptors (Lipinski definition) is 3. The molecule has 5 heteroatoms. The second-order valence-electron chi connectivity index (χ2n) is 2.61. The maximum atomic E-state index is 3.83. The number of nitrogens with zero attached hydrogens (tertiary/aromatic N) is 3. The third-order valence-corrected chi connectivity index (χ3v) is 1.59. The summed E-state index contributed by atoms with van der Waals surface area (Å²) in [4.78, 5) is 0. The fraction of sp³-hybridized carbons (Fsp3) is 0. The number of H-pyrrole nitrogens is 1. The van der Waals surface area contributed by atoms with Gasteiger partial charge in [0.25, 0.3) is 0 Å². The van der Waals surface area contributed by atoms with E-state index in [0.29, 0.717) is 5.82 Å². The summed E-state index contributed by atoms with van der Waals surface area (Å²) < 4.78 is 0. The number of anilines is 1. The maximum Gasteiger partial charge on any atom is 0.197 e. The third kappa shape index (κ3) is 2.16. The van der Waals surface area contributed by atoms with E-state index in [1.807, 2.05) is 30.3 Å². The van der Waals surface area contributed by atoms with Gasteiger partial charge >= 0.3 is 0 Å². The summed E-state index contributed by atoms with van der Waals surface area (Å²) in [5, 5.41) is 14.1. The van der Waals surface area contributed by atoms with E-state index in [1.165, 1.54) is 0 Å². The summed E-state index contributed by atoms with van der Waals surface area (Å²) in [6, 6.07) is 11.3. The highest BCUT2D eigenvalue weighted by Gasteiger charge is 1.88. The topological polar surface area (TPSA) is 65.4 Å². The van der Waals surface area contributed by atoms with Gasteiger partial charge in [-0.25, -0.2) is 0 Å². The summed E-state index contributed by atoms with van der Waals surface area (Å²) in [6.45, 7) is 0. The Kier molecular flexibility index (Phi) is 2.51. The monoisotopic (exact) mass is 187 g/mol. The standard InChI is InChI=1S/C9H9N5/c1-2-4-8(5-3-1)11-14-13-9-6-7-10-12-9/h1-7H,(H2,10,11,12,13). The molecule has 0 amide bonds. The molecule has 0 aliphatic carbocycles. The molecule has 0 saturated carbocycles. The first kappa shape index (κ1) is 8.43. The minimum Gasteiger partial charge on any atom is -0.283 e. The molecular formula is C9H9N5. The van der Waals surface area contributed by atoms with E-state index in [2.05, 4.69) is 26.0 Å². The molecule has 14 heavy (non-hydrogen) atoms. The molecule has 0 spiro atoms. The quantitative estimate of drug-likeness (QED) is 0.572. The Hall–Kier alpha value is -2.17. The fourth-order valence-electron chi connectivity index (χ4n) is 0.955. The summed E-state index contributed by atoms with van der Waals surface area (Å²) in [7, 11) is 0. The number of aromatic nitrogens is 2. The molecule has 2 rings (SSSR count). The molecule has 0 atom stereocenters. The fourth-order valence-corrected chi connectivity index (χ4v) is 0.955. The molecule has 0 unspecified atom stereocenters. The van der Waals surface area contributed by atoms with Gasteiger partial charge in [-0.05, 0) is 12.1 Å².